The number of aromatic nitrogens is 2. The van der Waals surface area contributed by atoms with Crippen molar-refractivity contribution in [2.45, 2.75) is 151 Å². The third kappa shape index (κ3) is 7.68. The van der Waals surface area contributed by atoms with Crippen molar-refractivity contribution in [2.75, 3.05) is 18.0 Å². The molecule has 5 heterocycles. The van der Waals surface area contributed by atoms with E-state index in [0.717, 1.165) is 86.3 Å². The first-order valence-electron chi connectivity index (χ1n) is 24.8. The van der Waals surface area contributed by atoms with E-state index in [9.17, 15) is 9.59 Å². The largest absolute Gasteiger partial charge is 0.357 e. The van der Waals surface area contributed by atoms with Crippen LogP contribution in [-0.2, 0) is 21.4 Å². The molecule has 1 unspecified atom stereocenters. The standard InChI is InChI=1S/C57H72N6O2/c1-33(2)28-40-50(56(40,8)9)53(64)61-26-12-14-48(61)45-32-37-30-35(16-22-42(37)58-45)46-24-25-47(63(46)39-20-18-38(19-21-39)55(5,6)7)36-17-23-43-44(31-36)60-52(59-43)49-15-13-27-62(49)54(65)51-41(29-34(3)4)57(51,10)11/h16-23,28-31,40-41,46-51H,12-15,24-27,32H2,1-11H3,(H,59,60)/t40-,41-,46-,47-,48+,49+,50?,51+/m1/s1. The van der Waals surface area contributed by atoms with Crippen LogP contribution in [0.3, 0.4) is 0 Å². The number of aromatic amines is 1. The molecule has 0 spiro atoms. The van der Waals surface area contributed by atoms with Gasteiger partial charge in [-0.1, -0.05) is 102 Å². The van der Waals surface area contributed by atoms with Crippen LogP contribution in [0.4, 0.5) is 11.4 Å². The third-order valence-corrected chi connectivity index (χ3v) is 16.6. The summed E-state index contributed by atoms with van der Waals surface area (Å²) in [6.07, 6.45) is 11.4. The highest BCUT2D eigenvalue weighted by molar-refractivity contribution is 6.01. The van der Waals surface area contributed by atoms with Gasteiger partial charge in [-0.15, -0.1) is 0 Å². The van der Waals surface area contributed by atoms with Crippen molar-refractivity contribution in [3.05, 3.63) is 112 Å². The molecule has 1 N–H and O–H groups in total. The first-order valence-corrected chi connectivity index (χ1v) is 24.8. The van der Waals surface area contributed by atoms with Gasteiger partial charge in [0.25, 0.3) is 0 Å². The summed E-state index contributed by atoms with van der Waals surface area (Å²) in [6.45, 7) is 26.0. The minimum absolute atomic E-state index is 0.00402. The van der Waals surface area contributed by atoms with Crippen LogP contribution in [0.5, 0.6) is 0 Å². The van der Waals surface area contributed by atoms with Crippen molar-refractivity contribution in [3.8, 4) is 0 Å². The van der Waals surface area contributed by atoms with Crippen LogP contribution < -0.4 is 4.90 Å². The topological polar surface area (TPSA) is 84.9 Å². The molecule has 10 rings (SSSR count). The average Bonchev–Trinajstić information content (AvgIpc) is 3.88. The molecule has 0 bridgehead atoms. The zero-order chi connectivity index (χ0) is 45.9. The summed E-state index contributed by atoms with van der Waals surface area (Å²) in [5, 5.41) is 0. The number of amides is 2. The molecule has 2 aliphatic carbocycles. The minimum Gasteiger partial charge on any atom is -0.357 e. The number of nitrogens with zero attached hydrogens (tertiary/aromatic N) is 5. The molecule has 6 aliphatic rings. The SMILES string of the molecule is CC(C)=C[C@@H]1C(C(=O)N2CCC[C@H]2C2=Nc3ccc([C@H]4CC[C@H](c5ccc6nc([C@@H]7CCCN7C(=O)[C@@H]7[C@@H](C=C(C)C)C7(C)C)[nH]c6c5)N4c4ccc(C(C)(C)C)cc4)cc3C2)C1(C)C. The molecule has 8 nitrogen and oxygen atoms in total. The lowest BCUT2D eigenvalue weighted by atomic mass is 9.87. The molecular formula is C57H72N6O2. The molecule has 3 aromatic carbocycles. The summed E-state index contributed by atoms with van der Waals surface area (Å²) < 4.78 is 0. The number of aliphatic imine (C=N–C) groups is 1. The van der Waals surface area contributed by atoms with E-state index in [1.807, 2.05) is 0 Å². The number of hydrogen-bond donors (Lipinski definition) is 1. The van der Waals surface area contributed by atoms with Crippen molar-refractivity contribution < 1.29 is 9.59 Å². The van der Waals surface area contributed by atoms with E-state index in [4.69, 9.17) is 9.98 Å². The Labute approximate surface area is 388 Å². The molecule has 342 valence electrons. The molecule has 4 aliphatic heterocycles. The van der Waals surface area contributed by atoms with Crippen LogP contribution in [0.2, 0.25) is 0 Å². The number of allylic oxidation sites excluding steroid dienone is 4. The number of rotatable bonds is 9. The van der Waals surface area contributed by atoms with Crippen molar-refractivity contribution in [1.82, 2.24) is 19.8 Å². The predicted octanol–water partition coefficient (Wildman–Crippen LogP) is 12.7. The van der Waals surface area contributed by atoms with E-state index < -0.39 is 0 Å². The van der Waals surface area contributed by atoms with E-state index in [-0.39, 0.29) is 58.2 Å². The van der Waals surface area contributed by atoms with Crippen molar-refractivity contribution in [1.29, 1.82) is 0 Å². The fourth-order valence-corrected chi connectivity index (χ4v) is 12.7. The first kappa shape index (κ1) is 43.9. The van der Waals surface area contributed by atoms with Crippen molar-refractivity contribution in [3.63, 3.8) is 0 Å². The Morgan fingerprint density at radius 1 is 0.692 bits per heavy atom. The number of carbonyl (C=O) groups is 2. The normalized spacial score (nSPS) is 28.7. The minimum atomic E-state index is -0.0254. The number of likely N-dealkylation sites (tertiary alicyclic amines) is 2. The summed E-state index contributed by atoms with van der Waals surface area (Å²) in [7, 11) is 0. The maximum atomic E-state index is 14.1. The molecule has 0 radical (unpaired) electrons. The van der Waals surface area contributed by atoms with Gasteiger partial charge in [-0.2, -0.15) is 0 Å². The molecule has 3 saturated heterocycles. The Hall–Kier alpha value is -4.98. The van der Waals surface area contributed by atoms with Gasteiger partial charge < -0.3 is 19.7 Å². The Bertz CT molecular complexity index is 2630. The lowest BCUT2D eigenvalue weighted by Gasteiger charge is -2.34. The molecule has 65 heavy (non-hydrogen) atoms. The molecule has 2 amide bonds. The van der Waals surface area contributed by atoms with E-state index >= 15 is 0 Å². The van der Waals surface area contributed by atoms with Gasteiger partial charge in [-0.25, -0.2) is 4.98 Å². The van der Waals surface area contributed by atoms with E-state index in [1.165, 1.54) is 39.1 Å². The fraction of sp³-hybridized carbons (Fsp3) is 0.544. The number of anilines is 1. The van der Waals surface area contributed by atoms with Gasteiger partial charge in [0.15, 0.2) is 0 Å². The van der Waals surface area contributed by atoms with E-state index in [0.29, 0.717) is 17.7 Å². The summed E-state index contributed by atoms with van der Waals surface area (Å²) >= 11 is 0. The zero-order valence-corrected chi connectivity index (χ0v) is 41.0. The van der Waals surface area contributed by atoms with E-state index in [1.54, 1.807) is 0 Å². The smallest absolute Gasteiger partial charge is 0.227 e. The Balaban J connectivity index is 0.907. The van der Waals surface area contributed by atoms with Crippen LogP contribution in [-0.4, -0.2) is 56.4 Å². The summed E-state index contributed by atoms with van der Waals surface area (Å²) in [6, 6.07) is 23.5. The first-order chi connectivity index (χ1) is 30.8. The second-order valence-corrected chi connectivity index (χ2v) is 23.4. The van der Waals surface area contributed by atoms with Gasteiger partial charge in [-0.3, -0.25) is 14.6 Å². The van der Waals surface area contributed by atoms with Crippen LogP contribution >= 0.6 is 0 Å². The lowest BCUT2D eigenvalue weighted by molar-refractivity contribution is -0.135. The molecule has 8 heteroatoms. The second kappa shape index (κ2) is 15.8. The van der Waals surface area contributed by atoms with Crippen molar-refractivity contribution >= 4 is 39.9 Å². The number of fused-ring (bicyclic) bond motifs is 2. The molecule has 4 aromatic rings. The number of carbonyl (C=O) groups excluding carboxylic acids is 2. The summed E-state index contributed by atoms with van der Waals surface area (Å²) in [5.74, 6) is 2.20. The van der Waals surface area contributed by atoms with Gasteiger partial charge in [0.05, 0.1) is 52.7 Å². The van der Waals surface area contributed by atoms with Crippen LogP contribution in [0.1, 0.15) is 161 Å². The molecule has 8 atom stereocenters. The number of nitrogens with one attached hydrogen (secondary N) is 1. The van der Waals surface area contributed by atoms with Gasteiger partial charge >= 0.3 is 0 Å². The summed E-state index contributed by atoms with van der Waals surface area (Å²) in [4.78, 5) is 49.4. The number of hydrogen-bond acceptors (Lipinski definition) is 5. The maximum Gasteiger partial charge on any atom is 0.227 e. The van der Waals surface area contributed by atoms with E-state index in [2.05, 4.69) is 169 Å². The van der Waals surface area contributed by atoms with Crippen LogP contribution in [0.25, 0.3) is 11.0 Å². The highest BCUT2D eigenvalue weighted by Gasteiger charge is 2.63. The molecule has 5 fully saturated rings. The highest BCUT2D eigenvalue weighted by Crippen LogP contribution is 2.62. The Morgan fingerprint density at radius 2 is 1.25 bits per heavy atom. The van der Waals surface area contributed by atoms with Crippen LogP contribution in [0.15, 0.2) is 89.0 Å². The molecule has 1 aromatic heterocycles. The Kier molecular flexibility index (Phi) is 10.7. The van der Waals surface area contributed by atoms with Crippen LogP contribution in [0, 0.1) is 34.5 Å². The summed E-state index contributed by atoms with van der Waals surface area (Å²) in [5.41, 5.74) is 13.3. The maximum absolute atomic E-state index is 14.1. The van der Waals surface area contributed by atoms with Gasteiger partial charge in [-0.05, 0) is 147 Å². The predicted molar refractivity (Wildman–Crippen MR) is 264 cm³/mol. The second-order valence-electron chi connectivity index (χ2n) is 23.4. The van der Waals surface area contributed by atoms with Gasteiger partial charge in [0.2, 0.25) is 11.8 Å². The molecular weight excluding hydrogens is 801 g/mol. The highest BCUT2D eigenvalue weighted by atomic mass is 16.2. The van der Waals surface area contributed by atoms with Gasteiger partial charge in [0.1, 0.15) is 5.82 Å². The third-order valence-electron chi connectivity index (χ3n) is 16.6. The monoisotopic (exact) mass is 873 g/mol. The quantitative estimate of drug-likeness (QED) is 0.170. The number of H-pyrrole nitrogens is 1. The lowest BCUT2D eigenvalue weighted by Crippen LogP contribution is -2.42. The number of benzene rings is 3. The Morgan fingerprint density at radius 3 is 1.83 bits per heavy atom. The zero-order valence-electron chi connectivity index (χ0n) is 41.0. The van der Waals surface area contributed by atoms with Crippen molar-refractivity contribution in [2.24, 2.45) is 39.5 Å². The van der Waals surface area contributed by atoms with Gasteiger partial charge in [0, 0.05) is 30.9 Å². The average molecular weight is 873 g/mol. The fourth-order valence-electron chi connectivity index (χ4n) is 12.7. The molecule has 2 saturated carbocycles. The number of imidazole rings is 1.